The molecule has 4 nitrogen and oxygen atoms in total. The Labute approximate surface area is 301 Å². The minimum absolute atomic E-state index is 0. The van der Waals surface area contributed by atoms with Gasteiger partial charge in [0.05, 0.1) is 16.9 Å². The molecule has 240 valence electrons. The molecule has 0 amide bonds. The summed E-state index contributed by atoms with van der Waals surface area (Å²) in [6.45, 7) is 8.98. The van der Waals surface area contributed by atoms with Crippen LogP contribution in [-0.4, -0.2) is 21.1 Å². The molecule has 0 N–H and O–H groups in total. The second-order valence-corrected chi connectivity index (χ2v) is 13.6. The number of hydrogen-bond acceptors (Lipinski definition) is 2. The number of anilines is 1. The first-order chi connectivity index (χ1) is 23.3. The molecule has 0 fully saturated rings. The van der Waals surface area contributed by atoms with E-state index < -0.39 is 0 Å². The van der Waals surface area contributed by atoms with Gasteiger partial charge in [0, 0.05) is 22.5 Å². The molecule has 49 heavy (non-hydrogen) atoms. The summed E-state index contributed by atoms with van der Waals surface area (Å²) < 4.78 is 4.69. The van der Waals surface area contributed by atoms with Crippen molar-refractivity contribution in [1.82, 2.24) is 14.0 Å². The molecule has 3 heterocycles. The average molecular weight is 814 g/mol. The normalized spacial score (nSPS) is 13.5. The number of fused-ring (bicyclic) bond motifs is 6. The first-order valence-corrected chi connectivity index (χ1v) is 16.4. The van der Waals surface area contributed by atoms with Gasteiger partial charge in [0.1, 0.15) is 0 Å². The summed E-state index contributed by atoms with van der Waals surface area (Å²) in [5.41, 5.74) is 9.71. The predicted octanol–water partition coefficient (Wildman–Crippen LogP) is 10.6. The van der Waals surface area contributed by atoms with E-state index >= 15 is 0 Å². The van der Waals surface area contributed by atoms with Gasteiger partial charge in [-0.3, -0.25) is 4.57 Å². The molecule has 2 aromatic heterocycles. The third kappa shape index (κ3) is 5.09. The number of para-hydroxylation sites is 3. The fourth-order valence-electron chi connectivity index (χ4n) is 7.10. The van der Waals surface area contributed by atoms with Gasteiger partial charge in [-0.15, -0.1) is 41.6 Å². The van der Waals surface area contributed by atoms with Crippen molar-refractivity contribution in [2.45, 2.75) is 26.2 Å². The van der Waals surface area contributed by atoms with Crippen molar-refractivity contribution in [3.63, 3.8) is 0 Å². The zero-order valence-corrected chi connectivity index (χ0v) is 30.1. The second-order valence-electron chi connectivity index (χ2n) is 13.6. The number of hydrogen-bond donors (Lipinski definition) is 0. The molecule has 1 aliphatic rings. The Morgan fingerprint density at radius 2 is 1.18 bits per heavy atom. The average Bonchev–Trinajstić information content (AvgIpc) is 3.77. The summed E-state index contributed by atoms with van der Waals surface area (Å²) in [4.78, 5) is 4.41. The molecule has 1 aliphatic heterocycles. The van der Waals surface area contributed by atoms with Crippen LogP contribution in [0.5, 0.6) is 0 Å². The quantitative estimate of drug-likeness (QED) is 0.165. The molecule has 0 unspecified atom stereocenters. The Morgan fingerprint density at radius 1 is 0.592 bits per heavy atom. The standard InChI is InChI=1S/C44H34N4.Pt/c1-44(2,3)32-25-33(46-28-43(45(4)29-46)48-40-20-12-9-16-35(40)36-17-10-13-21-41(36)48)27-34(26-32)47-39-19-11-8-18-37(39)38-23-22-31(24-42(38)47)30-14-6-5-7-15-30;/h5-14,16-23,25-26,28-29H,1-4H3;/q-4;+4. The third-order valence-corrected chi connectivity index (χ3v) is 9.53. The molecule has 5 heteroatoms. The smallest absolute Gasteiger partial charge is 0.498 e. The van der Waals surface area contributed by atoms with Crippen molar-refractivity contribution in [2.75, 3.05) is 11.9 Å². The first kappa shape index (κ1) is 31.2. The summed E-state index contributed by atoms with van der Waals surface area (Å²) >= 11 is 0. The molecule has 0 atom stereocenters. The molecule has 0 radical (unpaired) electrons. The van der Waals surface area contributed by atoms with Crippen LogP contribution in [0.2, 0.25) is 0 Å². The van der Waals surface area contributed by atoms with Crippen LogP contribution < -0.4 is 4.90 Å². The Morgan fingerprint density at radius 3 is 1.82 bits per heavy atom. The Balaban J connectivity index is 0.00000348. The number of nitrogens with zero attached hydrogens (tertiary/aromatic N) is 4. The summed E-state index contributed by atoms with van der Waals surface area (Å²) in [6, 6.07) is 54.0. The molecular formula is C44H34N4Pt. The summed E-state index contributed by atoms with van der Waals surface area (Å²) in [5.74, 6) is 1.08. The fourth-order valence-corrected chi connectivity index (χ4v) is 7.10. The van der Waals surface area contributed by atoms with Crippen molar-refractivity contribution >= 4 is 55.1 Å². The molecule has 9 rings (SSSR count). The molecule has 0 saturated heterocycles. The molecule has 0 saturated carbocycles. The molecule has 0 aliphatic carbocycles. The van der Waals surface area contributed by atoms with Gasteiger partial charge in [0.15, 0.2) is 0 Å². The van der Waals surface area contributed by atoms with Crippen molar-refractivity contribution in [3.8, 4) is 16.8 Å². The Hall–Kier alpha value is -5.05. The van der Waals surface area contributed by atoms with E-state index in [0.29, 0.717) is 0 Å². The van der Waals surface area contributed by atoms with Gasteiger partial charge in [0.25, 0.3) is 0 Å². The molecule has 6 aromatic carbocycles. The maximum atomic E-state index is 3.85. The van der Waals surface area contributed by atoms with Crippen LogP contribution in [-0.2, 0) is 26.5 Å². The monoisotopic (exact) mass is 813 g/mol. The zero-order valence-electron chi connectivity index (χ0n) is 27.8. The minimum atomic E-state index is -0.0871. The van der Waals surface area contributed by atoms with Crippen LogP contribution in [0.15, 0.2) is 128 Å². The van der Waals surface area contributed by atoms with E-state index in [0.717, 1.165) is 39.4 Å². The van der Waals surface area contributed by atoms with Gasteiger partial charge in [-0.1, -0.05) is 86.4 Å². The number of rotatable bonds is 4. The van der Waals surface area contributed by atoms with E-state index in [4.69, 9.17) is 0 Å². The van der Waals surface area contributed by atoms with Gasteiger partial charge >= 0.3 is 21.1 Å². The minimum Gasteiger partial charge on any atom is -0.498 e. The van der Waals surface area contributed by atoms with Gasteiger partial charge in [-0.05, 0) is 41.6 Å². The molecule has 0 spiro atoms. The van der Waals surface area contributed by atoms with Crippen molar-refractivity contribution < 1.29 is 21.1 Å². The molecule has 8 aromatic rings. The van der Waals surface area contributed by atoms with Crippen LogP contribution in [0.3, 0.4) is 0 Å². The second kappa shape index (κ2) is 11.8. The van der Waals surface area contributed by atoms with E-state index in [1.54, 1.807) is 0 Å². The van der Waals surface area contributed by atoms with Crippen molar-refractivity contribution in [2.24, 2.45) is 0 Å². The Bertz CT molecular complexity index is 2500. The largest absolute Gasteiger partial charge is 4.00 e. The fraction of sp³-hybridized carbons (Fsp3) is 0.114. The van der Waals surface area contributed by atoms with Crippen LogP contribution in [0.1, 0.15) is 26.3 Å². The predicted molar refractivity (Wildman–Crippen MR) is 200 cm³/mol. The third-order valence-electron chi connectivity index (χ3n) is 9.53. The van der Waals surface area contributed by atoms with Crippen LogP contribution >= 0.6 is 0 Å². The van der Waals surface area contributed by atoms with Crippen molar-refractivity contribution in [3.05, 3.63) is 158 Å². The van der Waals surface area contributed by atoms with Gasteiger partial charge < -0.3 is 14.4 Å². The maximum Gasteiger partial charge on any atom is 4.00 e. The van der Waals surface area contributed by atoms with E-state index in [-0.39, 0.29) is 26.5 Å². The van der Waals surface area contributed by atoms with E-state index in [1.807, 2.05) is 12.1 Å². The zero-order chi connectivity index (χ0) is 32.6. The van der Waals surface area contributed by atoms with Gasteiger partial charge in [0.2, 0.25) is 0 Å². The van der Waals surface area contributed by atoms with E-state index in [2.05, 4.69) is 187 Å². The first-order valence-electron chi connectivity index (χ1n) is 16.4. The van der Waals surface area contributed by atoms with Crippen LogP contribution in [0, 0.1) is 24.9 Å². The molecule has 0 bridgehead atoms. The van der Waals surface area contributed by atoms with Crippen LogP contribution in [0.25, 0.3) is 66.2 Å². The summed E-state index contributed by atoms with van der Waals surface area (Å²) in [7, 11) is 2.12. The number of benzene rings is 6. The topological polar surface area (TPSA) is 16.3 Å². The van der Waals surface area contributed by atoms with E-state index in [1.165, 1.54) is 38.1 Å². The van der Waals surface area contributed by atoms with Crippen molar-refractivity contribution in [1.29, 1.82) is 0 Å². The van der Waals surface area contributed by atoms with Gasteiger partial charge in [-0.2, -0.15) is 43.1 Å². The maximum absolute atomic E-state index is 3.85. The molecular weight excluding hydrogens is 780 g/mol. The van der Waals surface area contributed by atoms with Gasteiger partial charge in [-0.25, -0.2) is 11.1 Å². The number of aromatic nitrogens is 2. The summed E-state index contributed by atoms with van der Waals surface area (Å²) in [5, 5.41) is 4.87. The van der Waals surface area contributed by atoms with E-state index in [9.17, 15) is 0 Å². The Kier molecular flexibility index (Phi) is 7.54. The summed E-state index contributed by atoms with van der Waals surface area (Å²) in [6.07, 6.45) is 2.22. The van der Waals surface area contributed by atoms with Crippen LogP contribution in [0.4, 0.5) is 5.69 Å². The SMILES string of the molecule is CN1[CH-]N(c2[c-]c(-n3c4[c-]c(-c5[c-]cccc5)ccc4c4ccccc43)cc(C(C)(C)C)c2)C=C1n1c2ccccc2c2ccccc21.[Pt+4].